The first kappa shape index (κ1) is 14.1. The molecule has 0 spiro atoms. The first-order valence-electron chi connectivity index (χ1n) is 6.82. The number of benzene rings is 1. The Morgan fingerprint density at radius 2 is 1.91 bits per heavy atom. The molecule has 0 amide bonds. The molecule has 0 unspecified atom stereocenters. The van der Waals surface area contributed by atoms with Crippen LogP contribution in [0.5, 0.6) is 0 Å². The summed E-state index contributed by atoms with van der Waals surface area (Å²) in [6.07, 6.45) is 0. The number of rotatable bonds is 2. The van der Waals surface area contributed by atoms with Gasteiger partial charge in [0.2, 0.25) is 0 Å². The van der Waals surface area contributed by atoms with E-state index in [1.54, 1.807) is 16.6 Å². The van der Waals surface area contributed by atoms with Gasteiger partial charge in [-0.2, -0.15) is 0 Å². The zero-order valence-electron chi connectivity index (χ0n) is 12.6. The summed E-state index contributed by atoms with van der Waals surface area (Å²) < 4.78 is 6.52. The van der Waals surface area contributed by atoms with Crippen molar-refractivity contribution in [2.75, 3.05) is 12.8 Å². The summed E-state index contributed by atoms with van der Waals surface area (Å²) >= 11 is 0. The minimum absolute atomic E-state index is 0.418. The van der Waals surface area contributed by atoms with Gasteiger partial charge in [-0.15, -0.1) is 5.10 Å². The molecule has 0 atom stereocenters. The number of hydrogen-bond donors (Lipinski definition) is 1. The standard InChI is InChI=1S/C16H16N4O2/c1-9-8-10(2)20-15(13(9)16(21)22-3)18-14(19-20)11-4-6-12(17)7-5-11/h4-8H,17H2,1-3H3. The van der Waals surface area contributed by atoms with Gasteiger partial charge in [0, 0.05) is 16.9 Å². The third-order valence-electron chi connectivity index (χ3n) is 3.54. The maximum Gasteiger partial charge on any atom is 0.341 e. The zero-order valence-corrected chi connectivity index (χ0v) is 12.6. The topological polar surface area (TPSA) is 82.5 Å². The van der Waals surface area contributed by atoms with Crippen molar-refractivity contribution >= 4 is 17.3 Å². The molecule has 1 aromatic carbocycles. The fraction of sp³-hybridized carbons (Fsp3) is 0.188. The normalized spacial score (nSPS) is 10.9. The SMILES string of the molecule is COC(=O)c1c(C)cc(C)n2nc(-c3ccc(N)cc3)nc12. The van der Waals surface area contributed by atoms with E-state index in [9.17, 15) is 4.79 Å². The Morgan fingerprint density at radius 1 is 1.23 bits per heavy atom. The molecule has 6 nitrogen and oxygen atoms in total. The summed E-state index contributed by atoms with van der Waals surface area (Å²) in [4.78, 5) is 16.5. The second-order valence-electron chi connectivity index (χ2n) is 5.13. The van der Waals surface area contributed by atoms with Crippen LogP contribution in [0.15, 0.2) is 30.3 Å². The molecule has 0 fully saturated rings. The number of esters is 1. The van der Waals surface area contributed by atoms with Crippen LogP contribution < -0.4 is 5.73 Å². The van der Waals surface area contributed by atoms with Crippen LogP contribution in [0.1, 0.15) is 21.6 Å². The molecule has 0 aliphatic carbocycles. The minimum atomic E-state index is -0.418. The summed E-state index contributed by atoms with van der Waals surface area (Å²) in [5.41, 5.74) is 9.85. The minimum Gasteiger partial charge on any atom is -0.465 e. The average Bonchev–Trinajstić information content (AvgIpc) is 2.93. The van der Waals surface area contributed by atoms with Gasteiger partial charge in [-0.25, -0.2) is 14.3 Å². The number of fused-ring (bicyclic) bond motifs is 1. The van der Waals surface area contributed by atoms with Crippen molar-refractivity contribution in [3.05, 3.63) is 47.2 Å². The number of hydrogen-bond acceptors (Lipinski definition) is 5. The van der Waals surface area contributed by atoms with Crippen molar-refractivity contribution in [1.29, 1.82) is 0 Å². The van der Waals surface area contributed by atoms with Crippen LogP contribution >= 0.6 is 0 Å². The molecule has 2 N–H and O–H groups in total. The Morgan fingerprint density at radius 3 is 2.55 bits per heavy atom. The highest BCUT2D eigenvalue weighted by molar-refractivity contribution is 5.97. The van der Waals surface area contributed by atoms with E-state index >= 15 is 0 Å². The molecule has 0 aliphatic rings. The van der Waals surface area contributed by atoms with Gasteiger partial charge in [0.05, 0.1) is 7.11 Å². The summed E-state index contributed by atoms with van der Waals surface area (Å²) in [5, 5.41) is 4.49. The van der Waals surface area contributed by atoms with E-state index in [0.717, 1.165) is 16.8 Å². The number of nitrogens with two attached hydrogens (primary N) is 1. The van der Waals surface area contributed by atoms with Crippen molar-refractivity contribution in [2.45, 2.75) is 13.8 Å². The number of methoxy groups -OCH3 is 1. The van der Waals surface area contributed by atoms with E-state index in [2.05, 4.69) is 10.1 Å². The van der Waals surface area contributed by atoms with E-state index in [-0.39, 0.29) is 0 Å². The fourth-order valence-electron chi connectivity index (χ4n) is 2.45. The number of anilines is 1. The second-order valence-corrected chi connectivity index (χ2v) is 5.13. The lowest BCUT2D eigenvalue weighted by molar-refractivity contribution is 0.0601. The Hall–Kier alpha value is -2.89. The zero-order chi connectivity index (χ0) is 15.9. The molecular weight excluding hydrogens is 280 g/mol. The quantitative estimate of drug-likeness (QED) is 0.580. The van der Waals surface area contributed by atoms with Crippen LogP contribution in [0, 0.1) is 13.8 Å². The van der Waals surface area contributed by atoms with Gasteiger partial charge >= 0.3 is 5.97 Å². The molecule has 0 saturated heterocycles. The number of nitrogen functional groups attached to an aromatic ring is 1. The number of ether oxygens (including phenoxy) is 1. The lowest BCUT2D eigenvalue weighted by atomic mass is 10.1. The van der Waals surface area contributed by atoms with E-state index in [0.29, 0.717) is 22.7 Å². The molecule has 0 saturated carbocycles. The lowest BCUT2D eigenvalue weighted by Gasteiger charge is -2.06. The van der Waals surface area contributed by atoms with Gasteiger partial charge in [0.1, 0.15) is 5.56 Å². The summed E-state index contributed by atoms with van der Waals surface area (Å²) in [6, 6.07) is 9.18. The highest BCUT2D eigenvalue weighted by atomic mass is 16.5. The third-order valence-corrected chi connectivity index (χ3v) is 3.54. The Kier molecular flexibility index (Phi) is 3.29. The van der Waals surface area contributed by atoms with Crippen molar-refractivity contribution in [2.24, 2.45) is 0 Å². The van der Waals surface area contributed by atoms with E-state index in [1.165, 1.54) is 7.11 Å². The second kappa shape index (κ2) is 5.14. The molecule has 2 aromatic heterocycles. The van der Waals surface area contributed by atoms with Gasteiger partial charge in [-0.05, 0) is 49.7 Å². The Bertz CT molecular complexity index is 866. The smallest absolute Gasteiger partial charge is 0.341 e. The van der Waals surface area contributed by atoms with Crippen molar-refractivity contribution in [1.82, 2.24) is 14.6 Å². The molecule has 0 aliphatic heterocycles. The van der Waals surface area contributed by atoms with Crippen LogP contribution in [0.4, 0.5) is 5.69 Å². The van der Waals surface area contributed by atoms with Crippen molar-refractivity contribution in [3.8, 4) is 11.4 Å². The monoisotopic (exact) mass is 296 g/mol. The van der Waals surface area contributed by atoms with Gasteiger partial charge in [0.15, 0.2) is 11.5 Å². The maximum absolute atomic E-state index is 12.0. The number of aromatic nitrogens is 3. The molecule has 112 valence electrons. The van der Waals surface area contributed by atoms with Crippen molar-refractivity contribution in [3.63, 3.8) is 0 Å². The van der Waals surface area contributed by atoms with Crippen LogP contribution in [0.25, 0.3) is 17.0 Å². The van der Waals surface area contributed by atoms with Crippen LogP contribution in [-0.4, -0.2) is 27.7 Å². The summed E-state index contributed by atoms with van der Waals surface area (Å²) in [5.74, 6) is 0.123. The predicted octanol–water partition coefficient (Wildman–Crippen LogP) is 2.38. The van der Waals surface area contributed by atoms with Crippen LogP contribution in [0.2, 0.25) is 0 Å². The highest BCUT2D eigenvalue weighted by Gasteiger charge is 2.19. The highest BCUT2D eigenvalue weighted by Crippen LogP contribution is 2.23. The van der Waals surface area contributed by atoms with E-state index in [4.69, 9.17) is 10.5 Å². The molecule has 6 heteroatoms. The number of carbonyl (C=O) groups is 1. The summed E-state index contributed by atoms with van der Waals surface area (Å²) in [7, 11) is 1.36. The molecule has 3 rings (SSSR count). The van der Waals surface area contributed by atoms with Gasteiger partial charge in [-0.3, -0.25) is 0 Å². The van der Waals surface area contributed by atoms with Gasteiger partial charge in [0.25, 0.3) is 0 Å². The molecule has 2 heterocycles. The predicted molar refractivity (Wildman–Crippen MR) is 83.6 cm³/mol. The number of carbonyl (C=O) groups excluding carboxylic acids is 1. The number of aryl methyl sites for hydroxylation is 2. The fourth-order valence-corrected chi connectivity index (χ4v) is 2.45. The molecule has 22 heavy (non-hydrogen) atoms. The number of pyridine rings is 1. The molecule has 3 aromatic rings. The van der Waals surface area contributed by atoms with Crippen LogP contribution in [-0.2, 0) is 4.74 Å². The van der Waals surface area contributed by atoms with Gasteiger partial charge < -0.3 is 10.5 Å². The lowest BCUT2D eigenvalue weighted by Crippen LogP contribution is -2.09. The molecule has 0 radical (unpaired) electrons. The first-order chi connectivity index (χ1) is 10.5. The maximum atomic E-state index is 12.0. The average molecular weight is 296 g/mol. The van der Waals surface area contributed by atoms with Crippen molar-refractivity contribution < 1.29 is 9.53 Å². The first-order valence-corrected chi connectivity index (χ1v) is 6.82. The summed E-state index contributed by atoms with van der Waals surface area (Å²) in [6.45, 7) is 3.78. The van der Waals surface area contributed by atoms with Crippen LogP contribution in [0.3, 0.4) is 0 Å². The Balaban J connectivity index is 2.26. The molecule has 0 bridgehead atoms. The van der Waals surface area contributed by atoms with E-state index in [1.807, 2.05) is 32.0 Å². The molecular formula is C16H16N4O2. The number of nitrogens with zero attached hydrogens (tertiary/aromatic N) is 3. The third kappa shape index (κ3) is 2.18. The largest absolute Gasteiger partial charge is 0.465 e. The van der Waals surface area contributed by atoms with E-state index < -0.39 is 5.97 Å². The Labute approximate surface area is 127 Å². The van der Waals surface area contributed by atoms with Gasteiger partial charge in [-0.1, -0.05) is 0 Å².